The molecule has 0 radical (unpaired) electrons. The zero-order valence-electron chi connectivity index (χ0n) is 16.2. The molecule has 2 saturated heterocycles. The molecule has 1 saturated carbocycles. The van der Waals surface area contributed by atoms with Crippen LogP contribution in [0, 0.1) is 11.8 Å². The van der Waals surface area contributed by atoms with Gasteiger partial charge in [-0.05, 0) is 12.8 Å². The molecule has 1 aromatic rings. The van der Waals surface area contributed by atoms with Crippen LogP contribution in [0.2, 0.25) is 0 Å². The summed E-state index contributed by atoms with van der Waals surface area (Å²) in [6.07, 6.45) is 6.47. The van der Waals surface area contributed by atoms with Crippen molar-refractivity contribution < 1.29 is 4.79 Å². The zero-order valence-corrected chi connectivity index (χ0v) is 16.2. The van der Waals surface area contributed by atoms with Gasteiger partial charge in [-0.1, -0.05) is 33.6 Å². The van der Waals surface area contributed by atoms with E-state index in [-0.39, 0.29) is 11.4 Å². The van der Waals surface area contributed by atoms with Crippen LogP contribution in [0.3, 0.4) is 0 Å². The Bertz CT molecular complexity index is 650. The molecule has 2 unspecified atom stereocenters. The quantitative estimate of drug-likeness (QED) is 0.884. The molecule has 1 aliphatic carbocycles. The summed E-state index contributed by atoms with van der Waals surface area (Å²) in [5.74, 6) is 2.14. The predicted molar refractivity (Wildman–Crippen MR) is 102 cm³/mol. The van der Waals surface area contributed by atoms with E-state index in [0.717, 1.165) is 50.5 Å². The minimum atomic E-state index is 0.0302. The number of hydrogen-bond acceptors (Lipinski definition) is 4. The third-order valence-electron chi connectivity index (χ3n) is 6.20. The summed E-state index contributed by atoms with van der Waals surface area (Å²) < 4.78 is 0. The van der Waals surface area contributed by atoms with E-state index in [1.165, 1.54) is 12.8 Å². The molecule has 2 aliphatic heterocycles. The van der Waals surface area contributed by atoms with Crippen molar-refractivity contribution in [2.75, 3.05) is 31.1 Å². The van der Waals surface area contributed by atoms with E-state index >= 15 is 0 Å². The molecule has 1 N–H and O–H groups in total. The summed E-state index contributed by atoms with van der Waals surface area (Å²) in [4.78, 5) is 25.9. The van der Waals surface area contributed by atoms with Gasteiger partial charge >= 0.3 is 6.03 Å². The van der Waals surface area contributed by atoms with Crippen LogP contribution in [0.25, 0.3) is 0 Å². The molecule has 6 nitrogen and oxygen atoms in total. The van der Waals surface area contributed by atoms with Crippen molar-refractivity contribution in [1.82, 2.24) is 20.2 Å². The van der Waals surface area contributed by atoms with Crippen molar-refractivity contribution in [2.24, 2.45) is 11.8 Å². The highest BCUT2D eigenvalue weighted by molar-refractivity contribution is 5.75. The van der Waals surface area contributed by atoms with Crippen LogP contribution in [0.1, 0.15) is 52.1 Å². The summed E-state index contributed by atoms with van der Waals surface area (Å²) in [5.41, 5.74) is 1.11. The molecule has 3 aliphatic rings. The minimum absolute atomic E-state index is 0.0302. The Labute approximate surface area is 156 Å². The van der Waals surface area contributed by atoms with Gasteiger partial charge in [0, 0.05) is 55.5 Å². The van der Waals surface area contributed by atoms with Gasteiger partial charge in [0.25, 0.3) is 0 Å². The molecule has 6 heteroatoms. The number of nitrogens with one attached hydrogen (secondary N) is 1. The van der Waals surface area contributed by atoms with E-state index in [4.69, 9.17) is 0 Å². The first-order valence-corrected chi connectivity index (χ1v) is 10.0. The van der Waals surface area contributed by atoms with Crippen molar-refractivity contribution in [2.45, 2.75) is 57.9 Å². The highest BCUT2D eigenvalue weighted by atomic mass is 16.2. The smallest absolute Gasteiger partial charge is 0.317 e. The molecule has 142 valence electrons. The number of hydrogen-bond donors (Lipinski definition) is 1. The standard InChI is InChI=1S/C20H31N5O/c1-20(2,3)17-8-18(22-13-21-17)24-9-14-11-25(12-15(14)10-24)19(26)23-16-6-4-5-7-16/h8,13-16H,4-7,9-12H2,1-3H3,(H,23,26). The van der Waals surface area contributed by atoms with Gasteiger partial charge in [-0.2, -0.15) is 0 Å². The summed E-state index contributed by atoms with van der Waals surface area (Å²) in [7, 11) is 0. The number of carbonyl (C=O) groups is 1. The number of amides is 2. The number of aromatic nitrogens is 2. The van der Waals surface area contributed by atoms with Gasteiger partial charge in [0.1, 0.15) is 12.1 Å². The summed E-state index contributed by atoms with van der Waals surface area (Å²) >= 11 is 0. The Morgan fingerprint density at radius 1 is 1.08 bits per heavy atom. The summed E-state index contributed by atoms with van der Waals surface area (Å²) in [5, 5.41) is 3.23. The molecule has 0 spiro atoms. The molecule has 1 aromatic heterocycles. The van der Waals surface area contributed by atoms with Gasteiger partial charge in [0.15, 0.2) is 0 Å². The summed E-state index contributed by atoms with van der Waals surface area (Å²) in [6, 6.07) is 2.68. The Hall–Kier alpha value is -1.85. The Morgan fingerprint density at radius 3 is 2.35 bits per heavy atom. The number of nitrogens with zero attached hydrogens (tertiary/aromatic N) is 4. The van der Waals surface area contributed by atoms with E-state index < -0.39 is 0 Å². The fraction of sp³-hybridized carbons (Fsp3) is 0.750. The number of urea groups is 1. The molecular weight excluding hydrogens is 326 g/mol. The zero-order chi connectivity index (χ0) is 18.3. The van der Waals surface area contributed by atoms with E-state index in [0.29, 0.717) is 17.9 Å². The van der Waals surface area contributed by atoms with Crippen molar-refractivity contribution in [3.63, 3.8) is 0 Å². The van der Waals surface area contributed by atoms with Crippen LogP contribution in [0.4, 0.5) is 10.6 Å². The van der Waals surface area contributed by atoms with Gasteiger partial charge in [-0.25, -0.2) is 14.8 Å². The topological polar surface area (TPSA) is 61.4 Å². The van der Waals surface area contributed by atoms with E-state index in [2.05, 4.69) is 47.0 Å². The number of likely N-dealkylation sites (tertiary alicyclic amines) is 1. The normalized spacial score (nSPS) is 26.4. The maximum absolute atomic E-state index is 12.5. The third kappa shape index (κ3) is 3.51. The molecule has 3 heterocycles. The van der Waals surface area contributed by atoms with Gasteiger partial charge in [0.05, 0.1) is 5.69 Å². The Kier molecular flexibility index (Phi) is 4.53. The van der Waals surface area contributed by atoms with Crippen LogP contribution < -0.4 is 10.2 Å². The first-order valence-electron chi connectivity index (χ1n) is 10.0. The SMILES string of the molecule is CC(C)(C)c1cc(N2CC3CN(C(=O)NC4CCCC4)CC3C2)ncn1. The predicted octanol–water partition coefficient (Wildman–Crippen LogP) is 2.79. The minimum Gasteiger partial charge on any atom is -0.356 e. The van der Waals surface area contributed by atoms with E-state index in [9.17, 15) is 4.79 Å². The average Bonchev–Trinajstić information content (AvgIpc) is 3.29. The first-order chi connectivity index (χ1) is 12.4. The average molecular weight is 358 g/mol. The number of carbonyl (C=O) groups excluding carboxylic acids is 1. The van der Waals surface area contributed by atoms with Crippen LogP contribution in [0.15, 0.2) is 12.4 Å². The second-order valence-electron chi connectivity index (χ2n) is 9.27. The number of rotatable bonds is 2. The molecule has 0 bridgehead atoms. The molecule has 3 fully saturated rings. The van der Waals surface area contributed by atoms with E-state index in [1.807, 2.05) is 4.90 Å². The second-order valence-corrected chi connectivity index (χ2v) is 9.27. The maximum atomic E-state index is 12.5. The van der Waals surface area contributed by atoms with Crippen molar-refractivity contribution in [3.05, 3.63) is 18.1 Å². The van der Waals surface area contributed by atoms with Crippen LogP contribution in [-0.4, -0.2) is 53.1 Å². The highest BCUT2D eigenvalue weighted by Gasteiger charge is 2.42. The Morgan fingerprint density at radius 2 is 1.73 bits per heavy atom. The van der Waals surface area contributed by atoms with Crippen LogP contribution >= 0.6 is 0 Å². The van der Waals surface area contributed by atoms with Crippen LogP contribution in [0.5, 0.6) is 0 Å². The molecular formula is C20H31N5O. The second kappa shape index (κ2) is 6.71. The fourth-order valence-electron chi connectivity index (χ4n) is 4.61. The lowest BCUT2D eigenvalue weighted by Gasteiger charge is -2.25. The lowest BCUT2D eigenvalue weighted by Crippen LogP contribution is -2.44. The lowest BCUT2D eigenvalue weighted by molar-refractivity contribution is 0.201. The van der Waals surface area contributed by atoms with Gasteiger partial charge < -0.3 is 15.1 Å². The largest absolute Gasteiger partial charge is 0.356 e. The van der Waals surface area contributed by atoms with Gasteiger partial charge in [0.2, 0.25) is 0 Å². The van der Waals surface area contributed by atoms with Gasteiger partial charge in [-0.3, -0.25) is 0 Å². The molecule has 2 atom stereocenters. The monoisotopic (exact) mass is 357 g/mol. The Balaban J connectivity index is 1.35. The van der Waals surface area contributed by atoms with Crippen molar-refractivity contribution in [3.8, 4) is 0 Å². The third-order valence-corrected chi connectivity index (χ3v) is 6.20. The summed E-state index contributed by atoms with van der Waals surface area (Å²) in [6.45, 7) is 10.3. The molecule has 0 aromatic carbocycles. The molecule has 2 amide bonds. The van der Waals surface area contributed by atoms with Crippen molar-refractivity contribution in [1.29, 1.82) is 0 Å². The first kappa shape index (κ1) is 17.6. The molecule has 4 rings (SSSR count). The fourth-order valence-corrected chi connectivity index (χ4v) is 4.61. The number of fused-ring (bicyclic) bond motifs is 1. The van der Waals surface area contributed by atoms with Crippen molar-refractivity contribution >= 4 is 11.8 Å². The van der Waals surface area contributed by atoms with Crippen LogP contribution in [-0.2, 0) is 5.41 Å². The van der Waals surface area contributed by atoms with E-state index in [1.54, 1.807) is 6.33 Å². The highest BCUT2D eigenvalue weighted by Crippen LogP contribution is 2.34. The molecule has 26 heavy (non-hydrogen) atoms. The lowest BCUT2D eigenvalue weighted by atomic mass is 9.92. The van der Waals surface area contributed by atoms with Gasteiger partial charge in [-0.15, -0.1) is 0 Å². The maximum Gasteiger partial charge on any atom is 0.317 e. The number of anilines is 1.